The molecule has 0 N–H and O–H groups in total. The van der Waals surface area contributed by atoms with Gasteiger partial charge in [0, 0.05) is 0 Å². The van der Waals surface area contributed by atoms with Gasteiger partial charge in [-0.25, -0.2) is 0 Å². The van der Waals surface area contributed by atoms with Crippen LogP contribution in [0.3, 0.4) is 0 Å². The van der Waals surface area contributed by atoms with Crippen LogP contribution in [-0.2, 0) is 6.54 Å². The average Bonchev–Trinajstić information content (AvgIpc) is 2.68. The van der Waals surface area contributed by atoms with Gasteiger partial charge < -0.3 is 0 Å². The van der Waals surface area contributed by atoms with Gasteiger partial charge in [0.15, 0.2) is 0 Å². The van der Waals surface area contributed by atoms with E-state index >= 15 is 0 Å². The first kappa shape index (κ1) is 10.3. The van der Waals surface area contributed by atoms with Crippen LogP contribution in [0.15, 0.2) is 59.4 Å². The van der Waals surface area contributed by atoms with Gasteiger partial charge in [0.05, 0.1) is 16.6 Å². The summed E-state index contributed by atoms with van der Waals surface area (Å²) >= 11 is 1.52. The largest absolute Gasteiger partial charge is 0.268 e. The summed E-state index contributed by atoms with van der Waals surface area (Å²) in [5.41, 5.74) is 1.26. The van der Waals surface area contributed by atoms with E-state index in [4.69, 9.17) is 0 Å². The summed E-state index contributed by atoms with van der Waals surface area (Å²) in [5.74, 6) is 0. The van der Waals surface area contributed by atoms with Gasteiger partial charge in [0.25, 0.3) is 5.56 Å². The maximum Gasteiger partial charge on any atom is 0.268 e. The molecule has 17 heavy (non-hydrogen) atoms. The zero-order valence-electron chi connectivity index (χ0n) is 9.17. The molecule has 0 aliphatic carbocycles. The molecule has 0 unspecified atom stereocenters. The van der Waals surface area contributed by atoms with Gasteiger partial charge >= 0.3 is 0 Å². The normalized spacial score (nSPS) is 10.8. The molecule has 3 rings (SSSR count). The minimum atomic E-state index is 0.106. The zero-order valence-corrected chi connectivity index (χ0v) is 9.98. The number of hydrogen-bond donors (Lipinski definition) is 0. The highest BCUT2D eigenvalue weighted by atomic mass is 32.1. The minimum absolute atomic E-state index is 0.106. The number of hydrogen-bond acceptors (Lipinski definition) is 2. The summed E-state index contributed by atoms with van der Waals surface area (Å²) in [6.45, 7) is 0.652. The van der Waals surface area contributed by atoms with Gasteiger partial charge in [-0.15, -0.1) is 0 Å². The van der Waals surface area contributed by atoms with Crippen molar-refractivity contribution in [2.45, 2.75) is 6.54 Å². The molecule has 1 aromatic heterocycles. The highest BCUT2D eigenvalue weighted by Crippen LogP contribution is 2.16. The molecule has 0 atom stereocenters. The van der Waals surface area contributed by atoms with Crippen molar-refractivity contribution in [3.05, 3.63) is 70.5 Å². The highest BCUT2D eigenvalue weighted by molar-refractivity contribution is 7.13. The van der Waals surface area contributed by atoms with Crippen LogP contribution in [0.2, 0.25) is 0 Å². The van der Waals surface area contributed by atoms with E-state index in [2.05, 4.69) is 0 Å². The summed E-state index contributed by atoms with van der Waals surface area (Å²) in [4.78, 5) is 12.1. The van der Waals surface area contributed by atoms with Crippen LogP contribution in [0.1, 0.15) is 5.56 Å². The van der Waals surface area contributed by atoms with Crippen LogP contribution in [-0.4, -0.2) is 3.96 Å². The summed E-state index contributed by atoms with van der Waals surface area (Å²) in [5, 5.41) is 0.813. The van der Waals surface area contributed by atoms with E-state index in [9.17, 15) is 4.79 Å². The topological polar surface area (TPSA) is 22.0 Å². The average molecular weight is 241 g/mol. The highest BCUT2D eigenvalue weighted by Gasteiger charge is 2.06. The molecule has 0 radical (unpaired) electrons. The first-order valence-corrected chi connectivity index (χ1v) is 6.25. The van der Waals surface area contributed by atoms with Gasteiger partial charge in [-0.3, -0.25) is 8.75 Å². The number of benzene rings is 2. The van der Waals surface area contributed by atoms with Crippen molar-refractivity contribution in [2.24, 2.45) is 0 Å². The van der Waals surface area contributed by atoms with E-state index in [1.165, 1.54) is 11.5 Å². The molecule has 0 fully saturated rings. The fourth-order valence-corrected chi connectivity index (χ4v) is 2.90. The summed E-state index contributed by atoms with van der Waals surface area (Å²) in [7, 11) is 0. The third-order valence-electron chi connectivity index (χ3n) is 2.72. The molecule has 0 bridgehead atoms. The second-order valence-electron chi connectivity index (χ2n) is 3.91. The predicted molar refractivity (Wildman–Crippen MR) is 71.6 cm³/mol. The first-order valence-electron chi connectivity index (χ1n) is 5.47. The van der Waals surface area contributed by atoms with Crippen LogP contribution in [0.5, 0.6) is 0 Å². The smallest absolute Gasteiger partial charge is 0.268 e. The third-order valence-corrected chi connectivity index (χ3v) is 3.79. The van der Waals surface area contributed by atoms with Crippen molar-refractivity contribution in [1.82, 2.24) is 3.96 Å². The molecule has 0 aliphatic rings. The van der Waals surface area contributed by atoms with E-state index in [0.29, 0.717) is 6.54 Å². The van der Waals surface area contributed by atoms with Crippen molar-refractivity contribution < 1.29 is 0 Å². The van der Waals surface area contributed by atoms with E-state index in [1.807, 2.05) is 54.6 Å². The maximum atomic E-state index is 12.1. The molecule has 0 spiro atoms. The predicted octanol–water partition coefficient (Wildman–Crippen LogP) is 3.11. The standard InChI is InChI=1S/C14H11NOS/c16-14-12-8-4-5-9-13(12)17-15(14)10-11-6-2-1-3-7-11/h1-9H,10H2. The van der Waals surface area contributed by atoms with Gasteiger partial charge in [-0.05, 0) is 17.7 Å². The van der Waals surface area contributed by atoms with Crippen LogP contribution >= 0.6 is 11.5 Å². The van der Waals surface area contributed by atoms with Crippen LogP contribution in [0, 0.1) is 0 Å². The van der Waals surface area contributed by atoms with E-state index in [1.54, 1.807) is 3.96 Å². The molecule has 0 saturated carbocycles. The molecule has 2 nitrogen and oxygen atoms in total. The Morgan fingerprint density at radius 2 is 1.65 bits per heavy atom. The monoisotopic (exact) mass is 241 g/mol. The second-order valence-corrected chi connectivity index (χ2v) is 4.98. The summed E-state index contributed by atoms with van der Waals surface area (Å²) < 4.78 is 2.86. The Morgan fingerprint density at radius 1 is 0.941 bits per heavy atom. The SMILES string of the molecule is O=c1c2ccccc2sn1Cc1ccccc1. The molecule has 1 heterocycles. The van der Waals surface area contributed by atoms with E-state index < -0.39 is 0 Å². The Hall–Kier alpha value is -1.87. The summed E-state index contributed by atoms with van der Waals surface area (Å²) in [6.07, 6.45) is 0. The Kier molecular flexibility index (Phi) is 2.53. The first-order chi connectivity index (χ1) is 8.34. The van der Waals surface area contributed by atoms with E-state index in [0.717, 1.165) is 15.6 Å². The molecular weight excluding hydrogens is 230 g/mol. The van der Waals surface area contributed by atoms with Gasteiger partial charge in [0.2, 0.25) is 0 Å². The lowest BCUT2D eigenvalue weighted by Gasteiger charge is -1.99. The lowest BCUT2D eigenvalue weighted by molar-refractivity contribution is 0.854. The third kappa shape index (κ3) is 1.89. The lowest BCUT2D eigenvalue weighted by atomic mass is 10.2. The van der Waals surface area contributed by atoms with Crippen LogP contribution in [0.25, 0.3) is 10.1 Å². The molecular formula is C14H11NOS. The Labute approximate surface area is 103 Å². The molecule has 0 amide bonds. The molecule has 3 heteroatoms. The summed E-state index contributed by atoms with van der Waals surface area (Å²) in [6, 6.07) is 17.8. The van der Waals surface area contributed by atoms with Crippen LogP contribution in [0.4, 0.5) is 0 Å². The Morgan fingerprint density at radius 3 is 2.41 bits per heavy atom. The molecule has 3 aromatic rings. The number of nitrogens with zero attached hydrogens (tertiary/aromatic N) is 1. The second kappa shape index (κ2) is 4.18. The van der Waals surface area contributed by atoms with Crippen molar-refractivity contribution in [3.63, 3.8) is 0 Å². The Balaban J connectivity index is 2.07. The van der Waals surface area contributed by atoms with Crippen molar-refractivity contribution in [3.8, 4) is 0 Å². The number of fused-ring (bicyclic) bond motifs is 1. The zero-order chi connectivity index (χ0) is 11.7. The molecule has 84 valence electrons. The van der Waals surface area contributed by atoms with E-state index in [-0.39, 0.29) is 5.56 Å². The molecule has 0 aliphatic heterocycles. The van der Waals surface area contributed by atoms with Crippen molar-refractivity contribution in [2.75, 3.05) is 0 Å². The van der Waals surface area contributed by atoms with Gasteiger partial charge in [-0.1, -0.05) is 54.0 Å². The van der Waals surface area contributed by atoms with Crippen LogP contribution < -0.4 is 5.56 Å². The fraction of sp³-hybridized carbons (Fsp3) is 0.0714. The number of rotatable bonds is 2. The lowest BCUT2D eigenvalue weighted by Crippen LogP contribution is -2.13. The quantitative estimate of drug-likeness (QED) is 0.675. The molecule has 2 aromatic carbocycles. The maximum absolute atomic E-state index is 12.1. The Bertz CT molecular complexity index is 697. The van der Waals surface area contributed by atoms with Gasteiger partial charge in [-0.2, -0.15) is 0 Å². The number of aromatic nitrogens is 1. The van der Waals surface area contributed by atoms with Crippen molar-refractivity contribution in [1.29, 1.82) is 0 Å². The minimum Gasteiger partial charge on any atom is -0.268 e. The molecule has 0 saturated heterocycles. The van der Waals surface area contributed by atoms with Gasteiger partial charge in [0.1, 0.15) is 0 Å². The fourth-order valence-electron chi connectivity index (χ4n) is 1.87. The van der Waals surface area contributed by atoms with Crippen molar-refractivity contribution >= 4 is 21.6 Å².